The molecule has 0 fully saturated rings. The van der Waals surface area contributed by atoms with Gasteiger partial charge in [-0.05, 0) is 25.7 Å². The normalized spacial score (nSPS) is 13.2. The predicted octanol–water partition coefficient (Wildman–Crippen LogP) is 1.38. The lowest BCUT2D eigenvalue weighted by Crippen LogP contribution is -2.29. The number of esters is 2. The van der Waals surface area contributed by atoms with Gasteiger partial charge < -0.3 is 29.9 Å². The van der Waals surface area contributed by atoms with E-state index < -0.39 is 24.5 Å². The maximum Gasteiger partial charge on any atom is 0.419 e. The van der Waals surface area contributed by atoms with Crippen molar-refractivity contribution in [3.05, 3.63) is 0 Å². The largest absolute Gasteiger partial charge is 0.428 e. The predicted molar refractivity (Wildman–Crippen MR) is 93.8 cm³/mol. The molecule has 8 nitrogen and oxygen atoms in total. The van der Waals surface area contributed by atoms with Crippen molar-refractivity contribution in [2.24, 2.45) is 0 Å². The summed E-state index contributed by atoms with van der Waals surface area (Å²) in [5.41, 5.74) is 0. The molecule has 0 spiro atoms. The molecule has 0 amide bonds. The Kier molecular flexibility index (Phi) is 16.4. The molecule has 0 aliphatic rings. The number of ether oxygens (including phenoxy) is 2. The van der Waals surface area contributed by atoms with Crippen LogP contribution in [0, 0.1) is 0 Å². The quantitative estimate of drug-likeness (QED) is 0.137. The zero-order chi connectivity index (χ0) is 19.6. The molecule has 8 heteroatoms. The van der Waals surface area contributed by atoms with Crippen molar-refractivity contribution in [2.45, 2.75) is 89.6 Å². The highest BCUT2D eigenvalue weighted by molar-refractivity contribution is 6.29. The van der Waals surface area contributed by atoms with E-state index in [0.29, 0.717) is 12.8 Å². The summed E-state index contributed by atoms with van der Waals surface area (Å²) in [6.45, 7) is 0.329. The summed E-state index contributed by atoms with van der Waals surface area (Å²) in [6.07, 6.45) is 5.72. The monoisotopic (exact) mass is 378 g/mol. The molecule has 2 unspecified atom stereocenters. The highest BCUT2D eigenvalue weighted by atomic mass is 16.7. The second-order valence-corrected chi connectivity index (χ2v) is 6.28. The Morgan fingerprint density at radius 3 is 1.23 bits per heavy atom. The Bertz CT molecular complexity index is 327. The molecule has 4 N–H and O–H groups in total. The van der Waals surface area contributed by atoms with Crippen molar-refractivity contribution in [3.8, 4) is 0 Å². The Labute approximate surface area is 155 Å². The molecule has 0 aromatic heterocycles. The van der Waals surface area contributed by atoms with Gasteiger partial charge >= 0.3 is 11.9 Å². The third-order valence-electron chi connectivity index (χ3n) is 3.87. The smallest absolute Gasteiger partial charge is 0.419 e. The van der Waals surface area contributed by atoms with Crippen molar-refractivity contribution >= 4 is 11.9 Å². The van der Waals surface area contributed by atoms with Crippen LogP contribution in [0.25, 0.3) is 0 Å². The third kappa shape index (κ3) is 15.1. The topological polar surface area (TPSA) is 134 Å². The van der Waals surface area contributed by atoms with Crippen LogP contribution in [0.3, 0.4) is 0 Å². The molecule has 0 heterocycles. The van der Waals surface area contributed by atoms with Crippen LogP contribution in [0.15, 0.2) is 0 Å². The van der Waals surface area contributed by atoms with Gasteiger partial charge in [-0.3, -0.25) is 0 Å². The van der Waals surface area contributed by atoms with Gasteiger partial charge in [0.15, 0.2) is 0 Å². The van der Waals surface area contributed by atoms with E-state index in [1.54, 1.807) is 0 Å². The second-order valence-electron chi connectivity index (χ2n) is 6.28. The minimum Gasteiger partial charge on any atom is -0.428 e. The van der Waals surface area contributed by atoms with E-state index in [1.807, 2.05) is 0 Å². The number of rotatable bonds is 16. The van der Waals surface area contributed by atoms with Gasteiger partial charge in [-0.1, -0.05) is 38.5 Å². The lowest BCUT2D eigenvalue weighted by Gasteiger charge is -2.14. The van der Waals surface area contributed by atoms with Gasteiger partial charge in [-0.2, -0.15) is 0 Å². The molecule has 0 bridgehead atoms. The molecule has 0 aromatic rings. The molecule has 0 rings (SSSR count). The molecule has 0 aliphatic heterocycles. The average Bonchev–Trinajstić information content (AvgIpc) is 2.60. The molecular formula is C18H34O8. The number of hydrogen-bond acceptors (Lipinski definition) is 8. The minimum atomic E-state index is -1.38. The number of carbonyl (C=O) groups excluding carboxylic acids is 2. The van der Waals surface area contributed by atoms with Crippen molar-refractivity contribution < 1.29 is 39.5 Å². The van der Waals surface area contributed by atoms with Gasteiger partial charge in [-0.25, -0.2) is 9.59 Å². The van der Waals surface area contributed by atoms with Crippen LogP contribution in [0.2, 0.25) is 0 Å². The molecule has 154 valence electrons. The van der Waals surface area contributed by atoms with Gasteiger partial charge in [-0.15, -0.1) is 0 Å². The van der Waals surface area contributed by atoms with Gasteiger partial charge in [0.1, 0.15) is 0 Å². The Morgan fingerprint density at radius 2 is 0.885 bits per heavy atom. The van der Waals surface area contributed by atoms with E-state index in [0.717, 1.165) is 51.4 Å². The molecule has 0 saturated carbocycles. The van der Waals surface area contributed by atoms with E-state index in [9.17, 15) is 19.8 Å². The van der Waals surface area contributed by atoms with Crippen LogP contribution in [0.4, 0.5) is 0 Å². The van der Waals surface area contributed by atoms with Gasteiger partial charge in [0.2, 0.25) is 12.6 Å². The van der Waals surface area contributed by atoms with Crippen LogP contribution in [0.1, 0.15) is 77.0 Å². The van der Waals surface area contributed by atoms with Gasteiger partial charge in [0.25, 0.3) is 0 Å². The van der Waals surface area contributed by atoms with E-state index in [4.69, 9.17) is 10.2 Å². The van der Waals surface area contributed by atoms with E-state index in [2.05, 4.69) is 9.47 Å². The van der Waals surface area contributed by atoms with E-state index >= 15 is 0 Å². The molecule has 0 aliphatic carbocycles. The lowest BCUT2D eigenvalue weighted by atomic mass is 10.1. The van der Waals surface area contributed by atoms with Crippen molar-refractivity contribution in [3.63, 3.8) is 0 Å². The summed E-state index contributed by atoms with van der Waals surface area (Å²) in [5.74, 6) is -2.64. The minimum absolute atomic E-state index is 0.165. The van der Waals surface area contributed by atoms with E-state index in [1.165, 1.54) is 0 Å². The zero-order valence-electron chi connectivity index (χ0n) is 15.5. The molecule has 2 atom stereocenters. The summed E-state index contributed by atoms with van der Waals surface area (Å²) in [5, 5.41) is 36.5. The average molecular weight is 378 g/mol. The van der Waals surface area contributed by atoms with Crippen LogP contribution in [-0.4, -0.2) is 58.2 Å². The molecule has 0 aromatic carbocycles. The summed E-state index contributed by atoms with van der Waals surface area (Å²) >= 11 is 0. The summed E-state index contributed by atoms with van der Waals surface area (Å²) < 4.78 is 9.16. The first-order valence-electron chi connectivity index (χ1n) is 9.50. The number of aliphatic hydroxyl groups is 4. The van der Waals surface area contributed by atoms with E-state index in [-0.39, 0.29) is 26.1 Å². The summed E-state index contributed by atoms with van der Waals surface area (Å²) in [6, 6.07) is 0. The van der Waals surface area contributed by atoms with Crippen LogP contribution in [0.5, 0.6) is 0 Å². The Hall–Kier alpha value is -1.22. The fourth-order valence-electron chi connectivity index (χ4n) is 2.38. The third-order valence-corrected chi connectivity index (χ3v) is 3.87. The molecule has 0 radical (unpaired) electrons. The first kappa shape index (κ1) is 24.8. The zero-order valence-corrected chi connectivity index (χ0v) is 15.5. The van der Waals surface area contributed by atoms with Crippen molar-refractivity contribution in [1.82, 2.24) is 0 Å². The van der Waals surface area contributed by atoms with Crippen molar-refractivity contribution in [1.29, 1.82) is 0 Å². The first-order valence-corrected chi connectivity index (χ1v) is 9.50. The van der Waals surface area contributed by atoms with Crippen LogP contribution < -0.4 is 0 Å². The SMILES string of the molecule is O=C(OC(O)CCCCCCCO)C(=O)OC(O)CCCCCCCO. The standard InChI is InChI=1S/C18H34O8/c19-13-9-5-1-3-7-11-15(21)25-17(23)18(24)26-16(22)12-8-4-2-6-10-14-20/h15-16,19-22H,1-14H2. The fraction of sp³-hybridized carbons (Fsp3) is 0.889. The first-order chi connectivity index (χ1) is 12.5. The van der Waals surface area contributed by atoms with Crippen molar-refractivity contribution in [2.75, 3.05) is 13.2 Å². The molecular weight excluding hydrogens is 344 g/mol. The number of carbonyl (C=O) groups is 2. The maximum absolute atomic E-state index is 11.5. The highest BCUT2D eigenvalue weighted by Crippen LogP contribution is 2.10. The molecule has 0 saturated heterocycles. The lowest BCUT2D eigenvalue weighted by molar-refractivity contribution is -0.195. The number of hydrogen-bond donors (Lipinski definition) is 4. The second kappa shape index (κ2) is 17.2. The van der Waals surface area contributed by atoms with Gasteiger partial charge in [0, 0.05) is 26.1 Å². The van der Waals surface area contributed by atoms with Crippen LogP contribution in [-0.2, 0) is 19.1 Å². The fourth-order valence-corrected chi connectivity index (χ4v) is 2.38. The summed E-state index contributed by atoms with van der Waals surface area (Å²) in [4.78, 5) is 23.0. The maximum atomic E-state index is 11.5. The molecule has 26 heavy (non-hydrogen) atoms. The Balaban J connectivity index is 3.74. The number of aliphatic hydroxyl groups excluding tert-OH is 4. The number of unbranched alkanes of at least 4 members (excludes halogenated alkanes) is 8. The summed E-state index contributed by atoms with van der Waals surface area (Å²) in [7, 11) is 0. The van der Waals surface area contributed by atoms with Gasteiger partial charge in [0.05, 0.1) is 0 Å². The highest BCUT2D eigenvalue weighted by Gasteiger charge is 2.23. The van der Waals surface area contributed by atoms with Crippen LogP contribution >= 0.6 is 0 Å². The Morgan fingerprint density at radius 1 is 0.577 bits per heavy atom.